The van der Waals surface area contributed by atoms with Crippen molar-refractivity contribution in [1.29, 1.82) is 0 Å². The highest BCUT2D eigenvalue weighted by Gasteiger charge is 2.07. The highest BCUT2D eigenvalue weighted by Crippen LogP contribution is 2.23. The van der Waals surface area contributed by atoms with Crippen molar-refractivity contribution >= 4 is 17.1 Å². The average Bonchev–Trinajstić information content (AvgIpc) is 2.27. The molecule has 1 heterocycles. The van der Waals surface area contributed by atoms with Crippen molar-refractivity contribution in [2.24, 2.45) is 0 Å². The highest BCUT2D eigenvalue weighted by molar-refractivity contribution is 5.62. The molecule has 0 spiro atoms. The Morgan fingerprint density at radius 3 is 2.12 bits per heavy atom. The first-order chi connectivity index (χ1) is 7.66. The topological polar surface area (TPSA) is 50.9 Å². The number of hydrogen-bond acceptors (Lipinski definition) is 3. The molecule has 2 rings (SSSR count). The van der Waals surface area contributed by atoms with Gasteiger partial charge in [0.2, 0.25) is 0 Å². The molecule has 5 heteroatoms. The van der Waals surface area contributed by atoms with Crippen LogP contribution in [0.3, 0.4) is 0 Å². The quantitative estimate of drug-likeness (QED) is 0.766. The van der Waals surface area contributed by atoms with E-state index in [1.807, 2.05) is 0 Å². The lowest BCUT2D eigenvalue weighted by Gasteiger charge is -2.07. The Morgan fingerprint density at radius 1 is 1.00 bits per heavy atom. The smallest absolute Gasteiger partial charge is 0.151 e. The second-order valence-electron chi connectivity index (χ2n) is 3.21. The third kappa shape index (κ3) is 2.08. The van der Waals surface area contributed by atoms with Crippen LogP contribution in [0.2, 0.25) is 0 Å². The predicted octanol–water partition coefficient (Wildman–Crippen LogP) is 2.69. The first-order valence-electron chi connectivity index (χ1n) is 4.58. The van der Waals surface area contributed by atoms with Gasteiger partial charge in [0, 0.05) is 23.8 Å². The monoisotopic (exact) mass is 221 g/mol. The van der Waals surface area contributed by atoms with Gasteiger partial charge in [0.1, 0.15) is 5.69 Å². The summed E-state index contributed by atoms with van der Waals surface area (Å²) in [5.41, 5.74) is 5.68. The average molecular weight is 221 g/mol. The molecule has 0 bridgehead atoms. The Labute approximate surface area is 90.9 Å². The van der Waals surface area contributed by atoms with Crippen LogP contribution in [0.25, 0.3) is 0 Å². The molecular weight excluding hydrogens is 212 g/mol. The van der Waals surface area contributed by atoms with Gasteiger partial charge in [-0.2, -0.15) is 0 Å². The van der Waals surface area contributed by atoms with E-state index in [2.05, 4.69) is 10.3 Å². The standard InChI is InChI=1S/C11H9F2N3/c12-9-5-8(6-10(13)11(9)14)16-7-1-3-15-4-2-7/h1-6H,14H2,(H,15,16). The molecule has 0 aliphatic rings. The summed E-state index contributed by atoms with van der Waals surface area (Å²) in [6.07, 6.45) is 3.15. The summed E-state index contributed by atoms with van der Waals surface area (Å²) in [7, 11) is 0. The molecule has 2 aromatic rings. The van der Waals surface area contributed by atoms with Gasteiger partial charge < -0.3 is 11.1 Å². The van der Waals surface area contributed by atoms with Gasteiger partial charge in [-0.3, -0.25) is 4.98 Å². The summed E-state index contributed by atoms with van der Waals surface area (Å²) in [4.78, 5) is 3.83. The molecule has 1 aromatic carbocycles. The molecule has 3 nitrogen and oxygen atoms in total. The van der Waals surface area contributed by atoms with Gasteiger partial charge in [-0.1, -0.05) is 0 Å². The minimum Gasteiger partial charge on any atom is -0.394 e. The van der Waals surface area contributed by atoms with E-state index in [0.717, 1.165) is 12.1 Å². The lowest BCUT2D eigenvalue weighted by atomic mass is 10.2. The number of nitrogen functional groups attached to an aromatic ring is 1. The number of hydrogen-bond donors (Lipinski definition) is 2. The second kappa shape index (κ2) is 4.14. The number of nitrogens with two attached hydrogens (primary N) is 1. The lowest BCUT2D eigenvalue weighted by Crippen LogP contribution is -1.98. The van der Waals surface area contributed by atoms with Crippen molar-refractivity contribution in [2.75, 3.05) is 11.1 Å². The largest absolute Gasteiger partial charge is 0.394 e. The maximum atomic E-state index is 13.1. The van der Waals surface area contributed by atoms with E-state index < -0.39 is 17.3 Å². The van der Waals surface area contributed by atoms with Crippen LogP contribution in [-0.2, 0) is 0 Å². The van der Waals surface area contributed by atoms with Crippen LogP contribution in [-0.4, -0.2) is 4.98 Å². The van der Waals surface area contributed by atoms with Crippen molar-refractivity contribution in [2.45, 2.75) is 0 Å². The third-order valence-corrected chi connectivity index (χ3v) is 2.05. The first-order valence-corrected chi connectivity index (χ1v) is 4.58. The SMILES string of the molecule is Nc1c(F)cc(Nc2ccncc2)cc1F. The van der Waals surface area contributed by atoms with Gasteiger partial charge in [-0.05, 0) is 24.3 Å². The van der Waals surface area contributed by atoms with E-state index in [9.17, 15) is 8.78 Å². The van der Waals surface area contributed by atoms with Crippen LogP contribution in [0.15, 0.2) is 36.7 Å². The summed E-state index contributed by atoms with van der Waals surface area (Å²) in [5, 5.41) is 2.84. The van der Waals surface area contributed by atoms with Crippen molar-refractivity contribution in [3.05, 3.63) is 48.3 Å². The molecule has 0 unspecified atom stereocenters. The van der Waals surface area contributed by atoms with Crippen molar-refractivity contribution in [3.8, 4) is 0 Å². The maximum absolute atomic E-state index is 13.1. The molecule has 0 aliphatic heterocycles. The fraction of sp³-hybridized carbons (Fsp3) is 0. The summed E-state index contributed by atoms with van der Waals surface area (Å²) in [5.74, 6) is -1.56. The molecule has 0 fully saturated rings. The van der Waals surface area contributed by atoms with Crippen molar-refractivity contribution in [1.82, 2.24) is 4.98 Å². The van der Waals surface area contributed by atoms with Crippen molar-refractivity contribution in [3.63, 3.8) is 0 Å². The summed E-state index contributed by atoms with van der Waals surface area (Å²) in [6.45, 7) is 0. The molecule has 0 saturated heterocycles. The normalized spacial score (nSPS) is 10.1. The van der Waals surface area contributed by atoms with E-state index in [-0.39, 0.29) is 0 Å². The number of nitrogens with zero attached hydrogens (tertiary/aromatic N) is 1. The Morgan fingerprint density at radius 2 is 1.56 bits per heavy atom. The first kappa shape index (κ1) is 10.4. The molecule has 0 saturated carbocycles. The molecule has 0 amide bonds. The van der Waals surface area contributed by atoms with Crippen LogP contribution < -0.4 is 11.1 Å². The predicted molar refractivity (Wildman–Crippen MR) is 58.3 cm³/mol. The Balaban J connectivity index is 2.29. The number of rotatable bonds is 2. The number of aromatic nitrogens is 1. The number of halogens is 2. The number of anilines is 3. The van der Waals surface area contributed by atoms with Gasteiger partial charge in [-0.15, -0.1) is 0 Å². The van der Waals surface area contributed by atoms with Crippen LogP contribution in [0.4, 0.5) is 25.8 Å². The lowest BCUT2D eigenvalue weighted by molar-refractivity contribution is 0.593. The summed E-state index contributed by atoms with van der Waals surface area (Å²) in [6, 6.07) is 5.65. The van der Waals surface area contributed by atoms with Gasteiger partial charge in [0.05, 0.1) is 0 Å². The molecule has 1 aromatic heterocycles. The fourth-order valence-corrected chi connectivity index (χ4v) is 1.26. The molecular formula is C11H9F2N3. The van der Waals surface area contributed by atoms with Crippen LogP contribution >= 0.6 is 0 Å². The molecule has 0 aliphatic carbocycles. The Bertz CT molecular complexity index is 477. The third-order valence-electron chi connectivity index (χ3n) is 2.05. The molecule has 16 heavy (non-hydrogen) atoms. The van der Waals surface area contributed by atoms with E-state index >= 15 is 0 Å². The maximum Gasteiger partial charge on any atom is 0.151 e. The van der Waals surface area contributed by atoms with E-state index in [4.69, 9.17) is 5.73 Å². The minimum absolute atomic E-state index is 0.301. The summed E-state index contributed by atoms with van der Waals surface area (Å²) >= 11 is 0. The van der Waals surface area contributed by atoms with Gasteiger partial charge in [0.25, 0.3) is 0 Å². The van der Waals surface area contributed by atoms with Crippen LogP contribution in [0.1, 0.15) is 0 Å². The molecule has 3 N–H and O–H groups in total. The number of nitrogens with one attached hydrogen (secondary N) is 1. The van der Waals surface area contributed by atoms with Gasteiger partial charge in [0.15, 0.2) is 11.6 Å². The van der Waals surface area contributed by atoms with Crippen LogP contribution in [0.5, 0.6) is 0 Å². The van der Waals surface area contributed by atoms with E-state index in [1.54, 1.807) is 24.5 Å². The fourth-order valence-electron chi connectivity index (χ4n) is 1.26. The van der Waals surface area contributed by atoms with Gasteiger partial charge >= 0.3 is 0 Å². The van der Waals surface area contributed by atoms with Crippen molar-refractivity contribution < 1.29 is 8.78 Å². The zero-order valence-corrected chi connectivity index (χ0v) is 8.24. The molecule has 0 radical (unpaired) electrons. The number of benzene rings is 1. The van der Waals surface area contributed by atoms with Gasteiger partial charge in [-0.25, -0.2) is 8.78 Å². The molecule has 0 atom stereocenters. The zero-order chi connectivity index (χ0) is 11.5. The minimum atomic E-state index is -0.781. The molecule has 82 valence electrons. The Hall–Kier alpha value is -2.17. The number of pyridine rings is 1. The van der Waals surface area contributed by atoms with E-state index in [1.165, 1.54) is 0 Å². The second-order valence-corrected chi connectivity index (χ2v) is 3.21. The highest BCUT2D eigenvalue weighted by atomic mass is 19.1. The van der Waals surface area contributed by atoms with E-state index in [0.29, 0.717) is 11.4 Å². The zero-order valence-electron chi connectivity index (χ0n) is 8.24. The summed E-state index contributed by atoms with van der Waals surface area (Å²) < 4.78 is 26.3. The Kier molecular flexibility index (Phi) is 2.68. The van der Waals surface area contributed by atoms with Crippen LogP contribution in [0, 0.1) is 11.6 Å².